The van der Waals surface area contributed by atoms with Crippen LogP contribution in [0.2, 0.25) is 0 Å². The highest BCUT2D eigenvalue weighted by Gasteiger charge is 2.33. The number of ether oxygens (including phenoxy) is 1. The van der Waals surface area contributed by atoms with E-state index in [9.17, 15) is 4.79 Å². The van der Waals surface area contributed by atoms with Crippen LogP contribution in [0.4, 0.5) is 5.69 Å². The van der Waals surface area contributed by atoms with Crippen molar-refractivity contribution < 1.29 is 9.53 Å². The first-order valence-electron chi connectivity index (χ1n) is 5.46. The molecule has 0 aromatic heterocycles. The lowest BCUT2D eigenvalue weighted by molar-refractivity contribution is -0.132. The number of carbonyl (C=O) groups excluding carboxylic acids is 1. The van der Waals surface area contributed by atoms with E-state index >= 15 is 0 Å². The van der Waals surface area contributed by atoms with Crippen molar-refractivity contribution >= 4 is 23.1 Å². The van der Waals surface area contributed by atoms with Crippen LogP contribution < -0.4 is 0 Å². The van der Waals surface area contributed by atoms with Crippen LogP contribution in [0.15, 0.2) is 29.3 Å². The van der Waals surface area contributed by atoms with E-state index in [0.717, 1.165) is 17.0 Å². The quantitative estimate of drug-likeness (QED) is 0.626. The molecule has 0 spiro atoms. The van der Waals surface area contributed by atoms with Gasteiger partial charge < -0.3 is 4.74 Å². The molecule has 1 aliphatic heterocycles. The molecule has 1 aliphatic rings. The van der Waals surface area contributed by atoms with Crippen LogP contribution in [-0.4, -0.2) is 24.0 Å². The zero-order valence-electron chi connectivity index (χ0n) is 9.86. The van der Waals surface area contributed by atoms with Crippen LogP contribution in [0.25, 0.3) is 0 Å². The number of para-hydroxylation sites is 1. The van der Waals surface area contributed by atoms with Crippen molar-refractivity contribution in [1.82, 2.24) is 0 Å². The van der Waals surface area contributed by atoms with E-state index < -0.39 is 5.97 Å². The maximum Gasteiger partial charge on any atom is 0.352 e. The summed E-state index contributed by atoms with van der Waals surface area (Å²) in [6, 6.07) is 7.56. The molecule has 1 fully saturated rings. The number of rotatable bonds is 2. The second-order valence-electron chi connectivity index (χ2n) is 4.18. The van der Waals surface area contributed by atoms with Gasteiger partial charge in [0.15, 0.2) is 0 Å². The molecule has 17 heavy (non-hydrogen) atoms. The highest BCUT2D eigenvalue weighted by molar-refractivity contribution is 6.39. The van der Waals surface area contributed by atoms with Gasteiger partial charge in [-0.1, -0.05) is 18.2 Å². The Hall–Kier alpha value is -1.97. The zero-order chi connectivity index (χ0) is 12.4. The lowest BCUT2D eigenvalue weighted by atomic mass is 9.95. The second-order valence-corrected chi connectivity index (χ2v) is 4.18. The van der Waals surface area contributed by atoms with E-state index in [1.807, 2.05) is 38.1 Å². The molecular formula is C13H14N2O2. The molecule has 4 heteroatoms. The highest BCUT2D eigenvalue weighted by Crippen LogP contribution is 2.31. The molecule has 1 saturated heterocycles. The Kier molecular flexibility index (Phi) is 3.04. The summed E-state index contributed by atoms with van der Waals surface area (Å²) < 4.78 is 4.88. The summed E-state index contributed by atoms with van der Waals surface area (Å²) in [7, 11) is 0. The van der Waals surface area contributed by atoms with Gasteiger partial charge in [0.2, 0.25) is 0 Å². The molecule has 1 N–H and O–H groups in total. The largest absolute Gasteiger partial charge is 0.460 e. The third-order valence-electron chi connectivity index (χ3n) is 2.61. The number of hydrogen-bond acceptors (Lipinski definition) is 4. The summed E-state index contributed by atoms with van der Waals surface area (Å²) in [6.07, 6.45) is 0. The number of nitrogens with zero attached hydrogens (tertiary/aromatic N) is 1. The van der Waals surface area contributed by atoms with Gasteiger partial charge in [-0.2, -0.15) is 0 Å². The number of cyclic esters (lactones) is 1. The molecule has 88 valence electrons. The predicted molar refractivity (Wildman–Crippen MR) is 66.3 cm³/mol. The average molecular weight is 230 g/mol. The molecule has 0 amide bonds. The van der Waals surface area contributed by atoms with Crippen LogP contribution >= 0.6 is 0 Å². The molecule has 2 rings (SSSR count). The van der Waals surface area contributed by atoms with Crippen LogP contribution in [0.5, 0.6) is 0 Å². The van der Waals surface area contributed by atoms with Gasteiger partial charge in [-0.3, -0.25) is 10.4 Å². The third kappa shape index (κ3) is 2.25. The summed E-state index contributed by atoms with van der Waals surface area (Å²) in [5.41, 5.74) is 2.64. The van der Waals surface area contributed by atoms with Gasteiger partial charge in [0.25, 0.3) is 0 Å². The van der Waals surface area contributed by atoms with Crippen LogP contribution in [0.1, 0.15) is 25.3 Å². The van der Waals surface area contributed by atoms with Gasteiger partial charge in [-0.15, -0.1) is 0 Å². The number of hydrogen-bond donors (Lipinski definition) is 1. The van der Waals surface area contributed by atoms with Gasteiger partial charge in [-0.05, 0) is 25.5 Å². The Morgan fingerprint density at radius 1 is 1.41 bits per heavy atom. The Bertz CT molecular complexity index is 502. The van der Waals surface area contributed by atoms with Crippen LogP contribution in [0, 0.1) is 5.41 Å². The van der Waals surface area contributed by atoms with Gasteiger partial charge in [-0.25, -0.2) is 4.79 Å². The maximum absolute atomic E-state index is 11.2. The highest BCUT2D eigenvalue weighted by atomic mass is 16.5. The SMILES string of the molecule is CC(C)=Nc1ccccc1[C@H]1COC(=O)C1=N. The van der Waals surface area contributed by atoms with E-state index in [4.69, 9.17) is 10.1 Å². The smallest absolute Gasteiger partial charge is 0.352 e. The molecule has 1 aromatic carbocycles. The number of aliphatic imine (C=N–C) groups is 1. The number of benzene rings is 1. The van der Waals surface area contributed by atoms with E-state index in [-0.39, 0.29) is 18.2 Å². The second kappa shape index (κ2) is 4.49. The van der Waals surface area contributed by atoms with Crippen molar-refractivity contribution in [2.24, 2.45) is 4.99 Å². The normalized spacial score (nSPS) is 19.1. The maximum atomic E-state index is 11.2. The summed E-state index contributed by atoms with van der Waals surface area (Å²) in [5, 5.41) is 7.71. The fourth-order valence-electron chi connectivity index (χ4n) is 1.83. The zero-order valence-corrected chi connectivity index (χ0v) is 9.86. The topological polar surface area (TPSA) is 62.5 Å². The molecule has 4 nitrogen and oxygen atoms in total. The number of esters is 1. The average Bonchev–Trinajstić information content (AvgIpc) is 2.60. The summed E-state index contributed by atoms with van der Waals surface area (Å²) >= 11 is 0. The first-order valence-corrected chi connectivity index (χ1v) is 5.46. The van der Waals surface area contributed by atoms with Gasteiger partial charge in [0.05, 0.1) is 11.6 Å². The lowest BCUT2D eigenvalue weighted by Crippen LogP contribution is -2.12. The fourth-order valence-corrected chi connectivity index (χ4v) is 1.83. The molecule has 0 aliphatic carbocycles. The Balaban J connectivity index is 2.42. The fraction of sp³-hybridized carbons (Fsp3) is 0.308. The number of carbonyl (C=O) groups is 1. The van der Waals surface area contributed by atoms with Crippen LogP contribution in [0.3, 0.4) is 0 Å². The van der Waals surface area contributed by atoms with Crippen LogP contribution in [-0.2, 0) is 9.53 Å². The summed E-state index contributed by atoms with van der Waals surface area (Å²) in [4.78, 5) is 15.6. The minimum Gasteiger partial charge on any atom is -0.460 e. The number of nitrogens with one attached hydrogen (secondary N) is 1. The van der Waals surface area contributed by atoms with E-state index in [1.165, 1.54) is 0 Å². The summed E-state index contributed by atoms with van der Waals surface area (Å²) in [5.74, 6) is -0.816. The van der Waals surface area contributed by atoms with Gasteiger partial charge in [0.1, 0.15) is 12.3 Å². The van der Waals surface area contributed by atoms with Crippen molar-refractivity contribution in [1.29, 1.82) is 5.41 Å². The van der Waals surface area contributed by atoms with Crippen molar-refractivity contribution in [3.05, 3.63) is 29.8 Å². The Labute approximate surface area is 99.8 Å². The van der Waals surface area contributed by atoms with E-state index in [1.54, 1.807) is 0 Å². The monoisotopic (exact) mass is 230 g/mol. The molecule has 1 atom stereocenters. The molecule has 1 aromatic rings. The predicted octanol–water partition coefficient (Wildman–Crippen LogP) is 2.46. The van der Waals surface area contributed by atoms with Gasteiger partial charge >= 0.3 is 5.97 Å². The lowest BCUT2D eigenvalue weighted by Gasteiger charge is -2.10. The minimum atomic E-state index is -0.526. The van der Waals surface area contributed by atoms with Crippen molar-refractivity contribution in [3.63, 3.8) is 0 Å². The molecule has 0 radical (unpaired) electrons. The Morgan fingerprint density at radius 2 is 2.12 bits per heavy atom. The van der Waals surface area contributed by atoms with Crippen molar-refractivity contribution in [2.45, 2.75) is 19.8 Å². The first kappa shape index (κ1) is 11.5. The first-order chi connectivity index (χ1) is 8.09. The Morgan fingerprint density at radius 3 is 2.71 bits per heavy atom. The third-order valence-corrected chi connectivity index (χ3v) is 2.61. The standard InChI is InChI=1S/C13H14N2O2/c1-8(2)15-11-6-4-3-5-9(11)10-7-17-13(16)12(10)14/h3-6,10,14H,7H2,1-2H3/t10-/m1/s1. The van der Waals surface area contributed by atoms with Crippen molar-refractivity contribution in [2.75, 3.05) is 6.61 Å². The molecule has 0 bridgehead atoms. The van der Waals surface area contributed by atoms with E-state index in [2.05, 4.69) is 4.99 Å². The molecule has 1 heterocycles. The molecule has 0 unspecified atom stereocenters. The van der Waals surface area contributed by atoms with Gasteiger partial charge in [0, 0.05) is 5.71 Å². The van der Waals surface area contributed by atoms with E-state index in [0.29, 0.717) is 0 Å². The summed E-state index contributed by atoms with van der Waals surface area (Å²) in [6.45, 7) is 4.07. The minimum absolute atomic E-state index is 0.0152. The molecule has 0 saturated carbocycles. The molecular weight excluding hydrogens is 216 g/mol. The van der Waals surface area contributed by atoms with Crippen molar-refractivity contribution in [3.8, 4) is 0 Å².